The van der Waals surface area contributed by atoms with Crippen LogP contribution < -0.4 is 5.32 Å². The van der Waals surface area contributed by atoms with E-state index in [-0.39, 0.29) is 28.7 Å². The topological polar surface area (TPSA) is 109 Å². The number of amides is 1. The molecule has 3 aromatic rings. The molecule has 7 nitrogen and oxygen atoms in total. The van der Waals surface area contributed by atoms with Gasteiger partial charge in [-0.25, -0.2) is 14.0 Å². The SMILES string of the molecule is C[S@](=N)(=O)c1ccc(C(=O)N[C@H]2CC[C@@H](c3nc4cc(Cl)ccc4o3)CC2)o1. The lowest BCUT2D eigenvalue weighted by Crippen LogP contribution is -2.37. The molecular weight excluding hydrogens is 402 g/mol. The minimum Gasteiger partial charge on any atom is -0.441 e. The third kappa shape index (κ3) is 3.93. The molecule has 0 saturated heterocycles. The number of nitrogens with zero attached hydrogens (tertiary/aromatic N) is 1. The van der Waals surface area contributed by atoms with E-state index < -0.39 is 9.73 Å². The number of furan rings is 1. The summed E-state index contributed by atoms with van der Waals surface area (Å²) in [7, 11) is -2.97. The number of benzene rings is 1. The lowest BCUT2D eigenvalue weighted by molar-refractivity contribution is 0.0891. The average molecular weight is 422 g/mol. The Morgan fingerprint density at radius 2 is 1.96 bits per heavy atom. The fourth-order valence-corrected chi connectivity index (χ4v) is 4.23. The number of halogens is 1. The van der Waals surface area contributed by atoms with Gasteiger partial charge in [-0.2, -0.15) is 0 Å². The van der Waals surface area contributed by atoms with Crippen LogP contribution in [0.3, 0.4) is 0 Å². The summed E-state index contributed by atoms with van der Waals surface area (Å²) in [5.41, 5.74) is 1.48. The van der Waals surface area contributed by atoms with Gasteiger partial charge in [0.15, 0.2) is 22.3 Å². The summed E-state index contributed by atoms with van der Waals surface area (Å²) in [6.45, 7) is 0. The summed E-state index contributed by atoms with van der Waals surface area (Å²) in [5, 5.41) is 3.59. The fourth-order valence-electron chi connectivity index (χ4n) is 3.49. The lowest BCUT2D eigenvalue weighted by Gasteiger charge is -2.27. The Balaban J connectivity index is 1.37. The number of hydrogen-bond donors (Lipinski definition) is 2. The first kappa shape index (κ1) is 19.0. The molecule has 0 unspecified atom stereocenters. The molecule has 28 heavy (non-hydrogen) atoms. The van der Waals surface area contributed by atoms with Gasteiger partial charge in [0.2, 0.25) is 0 Å². The van der Waals surface area contributed by atoms with E-state index >= 15 is 0 Å². The summed E-state index contributed by atoms with van der Waals surface area (Å²) in [4.78, 5) is 16.9. The Kier molecular flexibility index (Phi) is 4.93. The molecule has 1 atom stereocenters. The Morgan fingerprint density at radius 1 is 1.21 bits per heavy atom. The molecule has 2 aromatic heterocycles. The van der Waals surface area contributed by atoms with Crippen LogP contribution in [0.4, 0.5) is 0 Å². The number of carbonyl (C=O) groups is 1. The number of hydrogen-bond acceptors (Lipinski definition) is 6. The standard InChI is InChI=1S/C19H20ClN3O4S/c1-28(21,25)17-9-8-16(26-17)18(24)22-13-5-2-11(3-6-13)19-23-14-10-12(20)4-7-15(14)27-19/h4,7-11,13,21H,2-3,5-6H2,1H3,(H,22,24)/t11-,13+,28-/m0/s1. The number of fused-ring (bicyclic) bond motifs is 1. The Hall–Kier alpha value is -2.32. The molecule has 0 bridgehead atoms. The van der Waals surface area contributed by atoms with E-state index in [2.05, 4.69) is 10.3 Å². The van der Waals surface area contributed by atoms with Crippen LogP contribution in [0.15, 0.2) is 44.3 Å². The first-order valence-electron chi connectivity index (χ1n) is 9.00. The predicted octanol–water partition coefficient (Wildman–Crippen LogP) is 4.57. The second kappa shape index (κ2) is 7.25. The summed E-state index contributed by atoms with van der Waals surface area (Å²) < 4.78 is 30.3. The van der Waals surface area contributed by atoms with Crippen molar-refractivity contribution in [1.29, 1.82) is 4.78 Å². The van der Waals surface area contributed by atoms with Crippen molar-refractivity contribution in [3.8, 4) is 0 Å². The molecule has 1 fully saturated rings. The molecule has 1 saturated carbocycles. The first-order chi connectivity index (χ1) is 13.3. The Morgan fingerprint density at radius 3 is 2.64 bits per heavy atom. The highest BCUT2D eigenvalue weighted by atomic mass is 35.5. The second-order valence-electron chi connectivity index (χ2n) is 7.15. The van der Waals surface area contributed by atoms with Crippen LogP contribution in [0.5, 0.6) is 0 Å². The summed E-state index contributed by atoms with van der Waals surface area (Å²) in [6, 6.07) is 8.29. The molecule has 9 heteroatoms. The Bertz CT molecular complexity index is 1130. The quantitative estimate of drug-likeness (QED) is 0.641. The van der Waals surface area contributed by atoms with Gasteiger partial charge < -0.3 is 14.2 Å². The predicted molar refractivity (Wildman–Crippen MR) is 105 cm³/mol. The van der Waals surface area contributed by atoms with Crippen LogP contribution in [-0.4, -0.2) is 27.4 Å². The molecule has 2 heterocycles. The zero-order valence-electron chi connectivity index (χ0n) is 15.2. The highest BCUT2D eigenvalue weighted by molar-refractivity contribution is 7.91. The Labute approximate surface area is 167 Å². The van der Waals surface area contributed by atoms with Crippen molar-refractivity contribution in [1.82, 2.24) is 10.3 Å². The van der Waals surface area contributed by atoms with Crippen molar-refractivity contribution >= 4 is 38.3 Å². The highest BCUT2D eigenvalue weighted by Crippen LogP contribution is 2.34. The number of nitrogens with one attached hydrogen (secondary N) is 2. The van der Waals surface area contributed by atoms with E-state index in [4.69, 9.17) is 25.2 Å². The van der Waals surface area contributed by atoms with Gasteiger partial charge in [0.1, 0.15) is 15.2 Å². The molecule has 2 N–H and O–H groups in total. The number of aromatic nitrogens is 1. The molecule has 0 aliphatic heterocycles. The van der Waals surface area contributed by atoms with Gasteiger partial charge in [0, 0.05) is 23.2 Å². The van der Waals surface area contributed by atoms with E-state index in [1.54, 1.807) is 12.1 Å². The molecule has 0 radical (unpaired) electrons. The second-order valence-corrected chi connectivity index (χ2v) is 9.67. The van der Waals surface area contributed by atoms with Crippen molar-refractivity contribution in [3.05, 3.63) is 47.0 Å². The zero-order valence-corrected chi connectivity index (χ0v) is 16.8. The van der Waals surface area contributed by atoms with Gasteiger partial charge in [-0.1, -0.05) is 11.6 Å². The number of rotatable bonds is 4. The third-order valence-electron chi connectivity index (χ3n) is 4.97. The van der Waals surface area contributed by atoms with Gasteiger partial charge >= 0.3 is 0 Å². The van der Waals surface area contributed by atoms with Crippen LogP contribution in [0.1, 0.15) is 48.0 Å². The maximum absolute atomic E-state index is 12.4. The third-order valence-corrected chi connectivity index (χ3v) is 6.19. The maximum atomic E-state index is 12.4. The molecule has 0 spiro atoms. The minimum absolute atomic E-state index is 0.0115. The summed E-state index contributed by atoms with van der Waals surface area (Å²) in [5.74, 6) is 0.651. The van der Waals surface area contributed by atoms with Crippen LogP contribution in [0.25, 0.3) is 11.1 Å². The van der Waals surface area contributed by atoms with E-state index in [1.807, 2.05) is 6.07 Å². The van der Waals surface area contributed by atoms with Crippen LogP contribution in [-0.2, 0) is 9.73 Å². The maximum Gasteiger partial charge on any atom is 0.287 e. The molecule has 148 valence electrons. The van der Waals surface area contributed by atoms with Crippen LogP contribution >= 0.6 is 11.6 Å². The van der Waals surface area contributed by atoms with Crippen molar-refractivity contribution in [2.75, 3.05) is 6.26 Å². The molecule has 1 aromatic carbocycles. The average Bonchev–Trinajstić information content (AvgIpc) is 3.29. The first-order valence-corrected chi connectivity index (χ1v) is 11.3. The van der Waals surface area contributed by atoms with Crippen molar-refractivity contribution in [3.63, 3.8) is 0 Å². The van der Waals surface area contributed by atoms with E-state index in [9.17, 15) is 9.00 Å². The molecular formula is C19H20ClN3O4S. The summed E-state index contributed by atoms with van der Waals surface area (Å²) in [6.07, 6.45) is 4.56. The molecule has 1 aliphatic rings. The van der Waals surface area contributed by atoms with Crippen LogP contribution in [0.2, 0.25) is 5.02 Å². The van der Waals surface area contributed by atoms with Crippen molar-refractivity contribution in [2.24, 2.45) is 0 Å². The monoisotopic (exact) mass is 421 g/mol. The van der Waals surface area contributed by atoms with Gasteiger partial charge in [-0.15, -0.1) is 0 Å². The van der Waals surface area contributed by atoms with Crippen LogP contribution in [0, 0.1) is 4.78 Å². The molecule has 4 rings (SSSR count). The highest BCUT2D eigenvalue weighted by Gasteiger charge is 2.28. The number of carbonyl (C=O) groups excluding carboxylic acids is 1. The zero-order chi connectivity index (χ0) is 19.9. The van der Waals surface area contributed by atoms with Gasteiger partial charge in [-0.3, -0.25) is 4.79 Å². The minimum atomic E-state index is -2.97. The lowest BCUT2D eigenvalue weighted by atomic mass is 9.86. The van der Waals surface area contributed by atoms with Crippen molar-refractivity contribution < 1.29 is 17.8 Å². The molecule has 1 amide bonds. The van der Waals surface area contributed by atoms with E-state index in [0.717, 1.165) is 36.8 Å². The van der Waals surface area contributed by atoms with Gasteiger partial charge in [0.05, 0.1) is 0 Å². The molecule has 1 aliphatic carbocycles. The summed E-state index contributed by atoms with van der Waals surface area (Å²) >= 11 is 6.00. The fraction of sp³-hybridized carbons (Fsp3) is 0.368. The normalized spacial score (nSPS) is 22.1. The largest absolute Gasteiger partial charge is 0.441 e. The van der Waals surface area contributed by atoms with Gasteiger partial charge in [-0.05, 0) is 56.0 Å². The smallest absolute Gasteiger partial charge is 0.287 e. The van der Waals surface area contributed by atoms with Gasteiger partial charge in [0.25, 0.3) is 5.91 Å². The van der Waals surface area contributed by atoms with E-state index in [1.165, 1.54) is 18.4 Å². The van der Waals surface area contributed by atoms with E-state index in [0.29, 0.717) is 10.9 Å². The number of oxazole rings is 1. The van der Waals surface area contributed by atoms with Crippen molar-refractivity contribution in [2.45, 2.75) is 42.7 Å².